The Morgan fingerprint density at radius 2 is 1.82 bits per heavy atom. The molecule has 17 heavy (non-hydrogen) atoms. The molecule has 0 fully saturated rings. The summed E-state index contributed by atoms with van der Waals surface area (Å²) in [5.41, 5.74) is 1.32. The predicted molar refractivity (Wildman–Crippen MR) is 73.4 cm³/mol. The lowest BCUT2D eigenvalue weighted by atomic mass is 10.2. The van der Waals surface area contributed by atoms with Gasteiger partial charge in [-0.3, -0.25) is 0 Å². The largest absolute Gasteiger partial charge is 0.491 e. The van der Waals surface area contributed by atoms with E-state index in [1.807, 2.05) is 26.0 Å². The summed E-state index contributed by atoms with van der Waals surface area (Å²) >= 11 is 0. The number of hydrogen-bond donors (Lipinski definition) is 1. The van der Waals surface area contributed by atoms with Crippen LogP contribution in [0, 0.1) is 0 Å². The maximum atomic E-state index is 5.61. The van der Waals surface area contributed by atoms with E-state index in [4.69, 9.17) is 4.74 Å². The van der Waals surface area contributed by atoms with E-state index in [0.29, 0.717) is 0 Å². The van der Waals surface area contributed by atoms with Gasteiger partial charge in [-0.1, -0.05) is 31.9 Å². The van der Waals surface area contributed by atoms with Crippen LogP contribution in [0.25, 0.3) is 0 Å². The van der Waals surface area contributed by atoms with Crippen molar-refractivity contribution in [3.05, 3.63) is 29.8 Å². The molecular weight excluding hydrogens is 210 g/mol. The van der Waals surface area contributed by atoms with E-state index < -0.39 is 0 Å². The van der Waals surface area contributed by atoms with Gasteiger partial charge in [0.15, 0.2) is 0 Å². The van der Waals surface area contributed by atoms with Crippen LogP contribution in [0.15, 0.2) is 24.3 Å². The van der Waals surface area contributed by atoms with Crippen LogP contribution >= 0.6 is 0 Å². The zero-order valence-corrected chi connectivity index (χ0v) is 11.3. The summed E-state index contributed by atoms with van der Waals surface area (Å²) in [5.74, 6) is 0.953. The van der Waals surface area contributed by atoms with Gasteiger partial charge in [-0.15, -0.1) is 0 Å². The Morgan fingerprint density at radius 3 is 2.41 bits per heavy atom. The molecule has 2 heteroatoms. The summed E-state index contributed by atoms with van der Waals surface area (Å²) in [5, 5.41) is 3.46. The molecule has 0 aromatic heterocycles. The zero-order chi connectivity index (χ0) is 12.5. The minimum Gasteiger partial charge on any atom is -0.491 e. The number of benzene rings is 1. The second-order valence-electron chi connectivity index (χ2n) is 4.69. The molecule has 0 heterocycles. The molecule has 0 aliphatic heterocycles. The van der Waals surface area contributed by atoms with Gasteiger partial charge in [0.2, 0.25) is 0 Å². The van der Waals surface area contributed by atoms with Gasteiger partial charge in [0.1, 0.15) is 5.75 Å². The summed E-state index contributed by atoms with van der Waals surface area (Å²) < 4.78 is 5.61. The van der Waals surface area contributed by atoms with Gasteiger partial charge < -0.3 is 10.1 Å². The van der Waals surface area contributed by atoms with Gasteiger partial charge in [-0.2, -0.15) is 0 Å². The van der Waals surface area contributed by atoms with Crippen LogP contribution in [-0.2, 0) is 6.54 Å². The topological polar surface area (TPSA) is 21.3 Å². The summed E-state index contributed by atoms with van der Waals surface area (Å²) in [6.45, 7) is 8.38. The van der Waals surface area contributed by atoms with Crippen molar-refractivity contribution in [2.45, 2.75) is 52.7 Å². The number of unbranched alkanes of at least 4 members (excludes halogenated alkanes) is 2. The first-order chi connectivity index (χ1) is 8.22. The molecule has 1 aromatic rings. The van der Waals surface area contributed by atoms with E-state index in [-0.39, 0.29) is 6.10 Å². The van der Waals surface area contributed by atoms with Gasteiger partial charge >= 0.3 is 0 Å². The fourth-order valence-electron chi connectivity index (χ4n) is 1.69. The lowest BCUT2D eigenvalue weighted by Gasteiger charge is -2.10. The van der Waals surface area contributed by atoms with Gasteiger partial charge in [0, 0.05) is 6.54 Å². The standard InChI is InChI=1S/C15H25NO/c1-4-5-6-11-16-12-14-7-9-15(10-8-14)17-13(2)3/h7-10,13,16H,4-6,11-12H2,1-3H3. The van der Waals surface area contributed by atoms with Crippen LogP contribution in [0.3, 0.4) is 0 Å². The highest BCUT2D eigenvalue weighted by Gasteiger charge is 1.97. The van der Waals surface area contributed by atoms with E-state index in [0.717, 1.165) is 18.8 Å². The SMILES string of the molecule is CCCCCNCc1ccc(OC(C)C)cc1. The monoisotopic (exact) mass is 235 g/mol. The molecule has 2 nitrogen and oxygen atoms in total. The Hall–Kier alpha value is -1.02. The van der Waals surface area contributed by atoms with Crippen molar-refractivity contribution in [2.24, 2.45) is 0 Å². The average molecular weight is 235 g/mol. The molecular formula is C15H25NO. The van der Waals surface area contributed by atoms with Crippen molar-refractivity contribution in [2.75, 3.05) is 6.54 Å². The van der Waals surface area contributed by atoms with Crippen LogP contribution in [-0.4, -0.2) is 12.6 Å². The Bertz CT molecular complexity index is 292. The van der Waals surface area contributed by atoms with Gasteiger partial charge in [0.25, 0.3) is 0 Å². The van der Waals surface area contributed by atoms with E-state index in [1.54, 1.807) is 0 Å². The Labute approximate surface area is 105 Å². The van der Waals surface area contributed by atoms with E-state index in [9.17, 15) is 0 Å². The predicted octanol–water partition coefficient (Wildman–Crippen LogP) is 3.75. The lowest BCUT2D eigenvalue weighted by molar-refractivity contribution is 0.242. The fourth-order valence-corrected chi connectivity index (χ4v) is 1.69. The summed E-state index contributed by atoms with van der Waals surface area (Å²) in [4.78, 5) is 0. The van der Waals surface area contributed by atoms with Crippen molar-refractivity contribution in [1.29, 1.82) is 0 Å². The third-order valence-corrected chi connectivity index (χ3v) is 2.58. The van der Waals surface area contributed by atoms with Crippen molar-refractivity contribution in [1.82, 2.24) is 5.32 Å². The normalized spacial score (nSPS) is 10.8. The second-order valence-corrected chi connectivity index (χ2v) is 4.69. The third kappa shape index (κ3) is 6.32. The van der Waals surface area contributed by atoms with E-state index in [1.165, 1.54) is 24.8 Å². The first-order valence-corrected chi connectivity index (χ1v) is 6.68. The molecule has 0 aliphatic rings. The highest BCUT2D eigenvalue weighted by atomic mass is 16.5. The molecule has 0 amide bonds. The van der Waals surface area contributed by atoms with E-state index >= 15 is 0 Å². The molecule has 1 rings (SSSR count). The maximum Gasteiger partial charge on any atom is 0.119 e. The quantitative estimate of drug-likeness (QED) is 0.693. The molecule has 0 atom stereocenters. The molecule has 0 unspecified atom stereocenters. The van der Waals surface area contributed by atoms with Crippen LogP contribution in [0.5, 0.6) is 5.75 Å². The lowest BCUT2D eigenvalue weighted by Crippen LogP contribution is -2.14. The Balaban J connectivity index is 2.25. The minimum absolute atomic E-state index is 0.244. The summed E-state index contributed by atoms with van der Waals surface area (Å²) in [7, 11) is 0. The van der Waals surface area contributed by atoms with Crippen molar-refractivity contribution < 1.29 is 4.74 Å². The van der Waals surface area contributed by atoms with Gasteiger partial charge in [0.05, 0.1) is 6.10 Å². The van der Waals surface area contributed by atoms with Gasteiger partial charge in [-0.05, 0) is 44.5 Å². The van der Waals surface area contributed by atoms with Gasteiger partial charge in [-0.25, -0.2) is 0 Å². The zero-order valence-electron chi connectivity index (χ0n) is 11.3. The van der Waals surface area contributed by atoms with Crippen molar-refractivity contribution >= 4 is 0 Å². The van der Waals surface area contributed by atoms with Crippen LogP contribution < -0.4 is 10.1 Å². The third-order valence-electron chi connectivity index (χ3n) is 2.58. The van der Waals surface area contributed by atoms with Crippen molar-refractivity contribution in [3.8, 4) is 5.75 Å². The number of nitrogens with one attached hydrogen (secondary N) is 1. The van der Waals surface area contributed by atoms with Crippen LogP contribution in [0.4, 0.5) is 0 Å². The first-order valence-electron chi connectivity index (χ1n) is 6.68. The molecule has 0 spiro atoms. The molecule has 96 valence electrons. The highest BCUT2D eigenvalue weighted by Crippen LogP contribution is 2.13. The highest BCUT2D eigenvalue weighted by molar-refractivity contribution is 5.27. The number of rotatable bonds is 8. The van der Waals surface area contributed by atoms with Crippen LogP contribution in [0.2, 0.25) is 0 Å². The van der Waals surface area contributed by atoms with Crippen molar-refractivity contribution in [3.63, 3.8) is 0 Å². The molecule has 0 radical (unpaired) electrons. The smallest absolute Gasteiger partial charge is 0.119 e. The second kappa shape index (κ2) is 8.13. The first kappa shape index (κ1) is 14.0. The molecule has 0 bridgehead atoms. The molecule has 0 saturated heterocycles. The molecule has 1 N–H and O–H groups in total. The van der Waals surface area contributed by atoms with E-state index in [2.05, 4.69) is 24.4 Å². The number of ether oxygens (including phenoxy) is 1. The molecule has 0 saturated carbocycles. The average Bonchev–Trinajstić information content (AvgIpc) is 2.30. The summed E-state index contributed by atoms with van der Waals surface area (Å²) in [6.07, 6.45) is 4.11. The summed E-state index contributed by atoms with van der Waals surface area (Å²) in [6, 6.07) is 8.35. The molecule has 0 aliphatic carbocycles. The Morgan fingerprint density at radius 1 is 1.12 bits per heavy atom. The molecule has 1 aromatic carbocycles. The maximum absolute atomic E-state index is 5.61. The Kier molecular flexibility index (Phi) is 6.71. The van der Waals surface area contributed by atoms with Crippen LogP contribution in [0.1, 0.15) is 45.6 Å². The minimum atomic E-state index is 0.244. The number of hydrogen-bond acceptors (Lipinski definition) is 2. The fraction of sp³-hybridized carbons (Fsp3) is 0.600.